The Morgan fingerprint density at radius 1 is 1.31 bits per heavy atom. The summed E-state index contributed by atoms with van der Waals surface area (Å²) >= 11 is 0. The SMILES string of the molecule is CCC1=CC2CC2(Cc2ccc(N(CC)C(C)=O)cc2OC)N=C1CC. The maximum Gasteiger partial charge on any atom is 0.223 e. The monoisotopic (exact) mass is 354 g/mol. The quantitative estimate of drug-likeness (QED) is 0.720. The number of hydrogen-bond donors (Lipinski definition) is 0. The number of dihydropyridines is 1. The minimum absolute atomic E-state index is 0.0177. The van der Waals surface area contributed by atoms with Gasteiger partial charge in [-0.1, -0.05) is 26.0 Å². The summed E-state index contributed by atoms with van der Waals surface area (Å²) < 4.78 is 5.66. The van der Waals surface area contributed by atoms with E-state index in [-0.39, 0.29) is 11.4 Å². The Morgan fingerprint density at radius 2 is 2.08 bits per heavy atom. The molecule has 0 saturated heterocycles. The summed E-state index contributed by atoms with van der Waals surface area (Å²) in [6.07, 6.45) is 6.52. The summed E-state index contributed by atoms with van der Waals surface area (Å²) in [5.41, 5.74) is 4.77. The highest BCUT2D eigenvalue weighted by Crippen LogP contribution is 2.54. The number of benzene rings is 1. The van der Waals surface area contributed by atoms with E-state index >= 15 is 0 Å². The number of aliphatic imine (C=N–C) groups is 1. The molecule has 1 aromatic carbocycles. The number of nitrogens with zero attached hydrogens (tertiary/aromatic N) is 2. The second-order valence-electron chi connectivity index (χ2n) is 7.31. The molecule has 4 nitrogen and oxygen atoms in total. The molecule has 0 spiro atoms. The average Bonchev–Trinajstić information content (AvgIpc) is 3.34. The molecular formula is C22H30N2O2. The fraction of sp³-hybridized carbons (Fsp3) is 0.545. The molecular weight excluding hydrogens is 324 g/mol. The molecule has 0 N–H and O–H groups in total. The lowest BCUT2D eigenvalue weighted by Gasteiger charge is -2.23. The van der Waals surface area contributed by atoms with Gasteiger partial charge in [0.15, 0.2) is 0 Å². The molecule has 1 saturated carbocycles. The van der Waals surface area contributed by atoms with Crippen LogP contribution in [0, 0.1) is 5.92 Å². The van der Waals surface area contributed by atoms with Gasteiger partial charge in [0, 0.05) is 43.3 Å². The summed E-state index contributed by atoms with van der Waals surface area (Å²) in [7, 11) is 1.70. The van der Waals surface area contributed by atoms with Crippen LogP contribution in [0.4, 0.5) is 5.69 Å². The van der Waals surface area contributed by atoms with Crippen molar-refractivity contribution in [1.82, 2.24) is 0 Å². The maximum absolute atomic E-state index is 11.8. The van der Waals surface area contributed by atoms with Crippen LogP contribution in [-0.4, -0.2) is 30.8 Å². The third kappa shape index (κ3) is 3.29. The predicted octanol–water partition coefficient (Wildman–Crippen LogP) is 4.57. The molecule has 2 unspecified atom stereocenters. The highest BCUT2D eigenvalue weighted by atomic mass is 16.5. The van der Waals surface area contributed by atoms with E-state index in [9.17, 15) is 4.79 Å². The number of hydrogen-bond acceptors (Lipinski definition) is 3. The standard InChI is InChI=1S/C22H30N2O2/c1-6-16-11-18-14-22(18,23-20(16)7-2)13-17-9-10-19(12-21(17)26-5)24(8-3)15(4)25/h9-12,18H,6-8,13-14H2,1-5H3. The first-order valence-corrected chi connectivity index (χ1v) is 9.72. The molecule has 3 rings (SSSR count). The summed E-state index contributed by atoms with van der Waals surface area (Å²) in [4.78, 5) is 18.7. The van der Waals surface area contributed by atoms with E-state index in [1.54, 1.807) is 18.9 Å². The summed E-state index contributed by atoms with van der Waals surface area (Å²) in [6.45, 7) is 8.63. The number of carbonyl (C=O) groups is 1. The zero-order valence-electron chi connectivity index (χ0n) is 16.6. The Morgan fingerprint density at radius 3 is 2.65 bits per heavy atom. The van der Waals surface area contributed by atoms with Crippen molar-refractivity contribution >= 4 is 17.3 Å². The van der Waals surface area contributed by atoms with Crippen LogP contribution in [0.3, 0.4) is 0 Å². The number of methoxy groups -OCH3 is 1. The van der Waals surface area contributed by atoms with Gasteiger partial charge in [-0.15, -0.1) is 0 Å². The van der Waals surface area contributed by atoms with E-state index in [1.165, 1.54) is 16.8 Å². The normalized spacial score (nSPS) is 23.7. The average molecular weight is 354 g/mol. The van der Waals surface area contributed by atoms with Crippen LogP contribution in [0.25, 0.3) is 0 Å². The van der Waals surface area contributed by atoms with Gasteiger partial charge in [0.2, 0.25) is 5.91 Å². The molecule has 1 aromatic rings. The van der Waals surface area contributed by atoms with Crippen LogP contribution in [-0.2, 0) is 11.2 Å². The number of amides is 1. The number of carbonyl (C=O) groups excluding carboxylic acids is 1. The number of fused-ring (bicyclic) bond motifs is 1. The number of allylic oxidation sites excluding steroid dienone is 1. The van der Waals surface area contributed by atoms with E-state index < -0.39 is 0 Å². The van der Waals surface area contributed by atoms with Gasteiger partial charge < -0.3 is 9.64 Å². The highest BCUT2D eigenvalue weighted by Gasteiger charge is 2.55. The van der Waals surface area contributed by atoms with Crippen LogP contribution in [0.5, 0.6) is 5.75 Å². The molecule has 2 aliphatic rings. The van der Waals surface area contributed by atoms with Gasteiger partial charge in [0.1, 0.15) is 5.75 Å². The first-order chi connectivity index (χ1) is 12.5. The van der Waals surface area contributed by atoms with Crippen molar-refractivity contribution in [3.05, 3.63) is 35.4 Å². The van der Waals surface area contributed by atoms with E-state index in [2.05, 4.69) is 26.0 Å². The fourth-order valence-electron chi connectivity index (χ4n) is 4.18. The van der Waals surface area contributed by atoms with Crippen LogP contribution in [0.1, 0.15) is 52.5 Å². The Balaban J connectivity index is 1.87. The Hall–Kier alpha value is -2.10. The molecule has 4 heteroatoms. The third-order valence-corrected chi connectivity index (χ3v) is 5.73. The summed E-state index contributed by atoms with van der Waals surface area (Å²) in [5, 5.41) is 0. The zero-order chi connectivity index (χ0) is 18.9. The Labute approximate surface area is 156 Å². The van der Waals surface area contributed by atoms with E-state index in [1.807, 2.05) is 19.1 Å². The Kier molecular flexibility index (Phi) is 5.22. The van der Waals surface area contributed by atoms with Gasteiger partial charge in [0.25, 0.3) is 0 Å². The Bertz CT molecular complexity index is 765. The molecule has 2 atom stereocenters. The summed E-state index contributed by atoms with van der Waals surface area (Å²) in [5.74, 6) is 1.45. The van der Waals surface area contributed by atoms with Gasteiger partial charge in [-0.2, -0.15) is 0 Å². The van der Waals surface area contributed by atoms with Gasteiger partial charge in [-0.3, -0.25) is 9.79 Å². The van der Waals surface area contributed by atoms with E-state index in [0.29, 0.717) is 12.5 Å². The maximum atomic E-state index is 11.8. The van der Waals surface area contributed by atoms with Crippen molar-refractivity contribution in [1.29, 1.82) is 0 Å². The van der Waals surface area contributed by atoms with Crippen LogP contribution >= 0.6 is 0 Å². The topological polar surface area (TPSA) is 41.9 Å². The molecule has 1 amide bonds. The van der Waals surface area contributed by atoms with Crippen molar-refractivity contribution in [3.63, 3.8) is 0 Å². The van der Waals surface area contributed by atoms with E-state index in [0.717, 1.165) is 37.1 Å². The van der Waals surface area contributed by atoms with Crippen molar-refractivity contribution in [2.75, 3.05) is 18.6 Å². The van der Waals surface area contributed by atoms with Crippen molar-refractivity contribution < 1.29 is 9.53 Å². The number of rotatable bonds is 7. The molecule has 1 aliphatic heterocycles. The molecule has 1 aliphatic carbocycles. The van der Waals surface area contributed by atoms with Gasteiger partial charge >= 0.3 is 0 Å². The van der Waals surface area contributed by atoms with E-state index in [4.69, 9.17) is 9.73 Å². The lowest BCUT2D eigenvalue weighted by atomic mass is 9.94. The van der Waals surface area contributed by atoms with Crippen molar-refractivity contribution in [3.8, 4) is 5.75 Å². The summed E-state index contributed by atoms with van der Waals surface area (Å²) in [6, 6.07) is 6.11. The molecule has 0 bridgehead atoms. The third-order valence-electron chi connectivity index (χ3n) is 5.73. The largest absolute Gasteiger partial charge is 0.496 e. The number of ether oxygens (including phenoxy) is 1. The lowest BCUT2D eigenvalue weighted by Crippen LogP contribution is -2.28. The van der Waals surface area contributed by atoms with Gasteiger partial charge in [-0.25, -0.2) is 0 Å². The highest BCUT2D eigenvalue weighted by molar-refractivity contribution is 6.01. The molecule has 26 heavy (non-hydrogen) atoms. The molecule has 1 fully saturated rings. The first-order valence-electron chi connectivity index (χ1n) is 9.72. The van der Waals surface area contributed by atoms with Crippen molar-refractivity contribution in [2.45, 2.75) is 58.9 Å². The molecule has 0 radical (unpaired) electrons. The minimum atomic E-state index is 0.0177. The number of anilines is 1. The van der Waals surface area contributed by atoms with Crippen molar-refractivity contribution in [2.24, 2.45) is 10.9 Å². The van der Waals surface area contributed by atoms with Gasteiger partial charge in [-0.05, 0) is 43.4 Å². The lowest BCUT2D eigenvalue weighted by molar-refractivity contribution is -0.116. The fourth-order valence-corrected chi connectivity index (χ4v) is 4.18. The second kappa shape index (κ2) is 7.26. The van der Waals surface area contributed by atoms with Crippen LogP contribution < -0.4 is 9.64 Å². The minimum Gasteiger partial charge on any atom is -0.496 e. The smallest absolute Gasteiger partial charge is 0.223 e. The predicted molar refractivity (Wildman–Crippen MR) is 107 cm³/mol. The van der Waals surface area contributed by atoms with Crippen LogP contribution in [0.15, 0.2) is 34.8 Å². The molecule has 1 heterocycles. The first kappa shape index (κ1) is 18.7. The van der Waals surface area contributed by atoms with Crippen LogP contribution in [0.2, 0.25) is 0 Å². The molecule has 0 aromatic heterocycles. The molecule has 140 valence electrons. The van der Waals surface area contributed by atoms with Gasteiger partial charge in [0.05, 0.1) is 12.6 Å². The zero-order valence-corrected chi connectivity index (χ0v) is 16.6. The second-order valence-corrected chi connectivity index (χ2v) is 7.31.